The lowest BCUT2D eigenvalue weighted by Crippen LogP contribution is -2.20. The van der Waals surface area contributed by atoms with Crippen LogP contribution in [0.1, 0.15) is 90.9 Å². The van der Waals surface area contributed by atoms with Gasteiger partial charge in [0.1, 0.15) is 0 Å². The van der Waals surface area contributed by atoms with E-state index in [0.717, 1.165) is 0 Å². The first-order valence-corrected chi connectivity index (χ1v) is 8.21. The van der Waals surface area contributed by atoms with Crippen LogP contribution in [0.2, 0.25) is 0 Å². The second-order valence-electron chi connectivity index (χ2n) is 5.80. The lowest BCUT2D eigenvalue weighted by Gasteiger charge is -2.12. The monoisotopic (exact) mass is 256 g/mol. The van der Waals surface area contributed by atoms with E-state index < -0.39 is 0 Å². The van der Waals surface area contributed by atoms with Gasteiger partial charge in [0.25, 0.3) is 0 Å². The highest BCUT2D eigenvalue weighted by molar-refractivity contribution is 4.63. The summed E-state index contributed by atoms with van der Waals surface area (Å²) in [4.78, 5) is 0. The minimum atomic E-state index is 0.441. The lowest BCUT2D eigenvalue weighted by molar-refractivity contribution is 0.477. The summed E-state index contributed by atoms with van der Waals surface area (Å²) in [6, 6.07) is 0.883. The smallest absolute Gasteiger partial charge is 0.00388 e. The third-order valence-electron chi connectivity index (χ3n) is 3.76. The molecule has 0 radical (unpaired) electrons. The quantitative estimate of drug-likeness (QED) is 0.481. The number of rotatable bonds is 13. The van der Waals surface area contributed by atoms with E-state index in [4.69, 9.17) is 11.5 Å². The Morgan fingerprint density at radius 1 is 0.556 bits per heavy atom. The molecule has 0 saturated carbocycles. The number of unbranched alkanes of at least 4 members (excludes halogenated alkanes) is 5. The van der Waals surface area contributed by atoms with Crippen molar-refractivity contribution in [2.24, 2.45) is 11.5 Å². The summed E-state index contributed by atoms with van der Waals surface area (Å²) in [6.45, 7) is 4.46. The van der Waals surface area contributed by atoms with Gasteiger partial charge in [0, 0.05) is 12.1 Å². The first kappa shape index (κ1) is 17.9. The molecule has 0 aromatic rings. The summed E-state index contributed by atoms with van der Waals surface area (Å²) in [5.41, 5.74) is 12.1. The summed E-state index contributed by atoms with van der Waals surface area (Å²) in [6.07, 6.45) is 15.2. The van der Waals surface area contributed by atoms with Crippen molar-refractivity contribution in [3.63, 3.8) is 0 Å². The summed E-state index contributed by atoms with van der Waals surface area (Å²) in [5, 5.41) is 0. The summed E-state index contributed by atoms with van der Waals surface area (Å²) in [7, 11) is 0. The Balaban J connectivity index is 3.19. The third kappa shape index (κ3) is 12.4. The molecule has 4 N–H and O–H groups in total. The molecule has 0 bridgehead atoms. The highest BCUT2D eigenvalue weighted by Crippen LogP contribution is 2.12. The van der Waals surface area contributed by atoms with Crippen LogP contribution in [0.25, 0.3) is 0 Å². The van der Waals surface area contributed by atoms with Crippen molar-refractivity contribution in [1.82, 2.24) is 0 Å². The van der Waals surface area contributed by atoms with Gasteiger partial charge in [-0.1, -0.05) is 65.2 Å². The zero-order valence-corrected chi connectivity index (χ0v) is 12.8. The molecule has 0 aliphatic carbocycles. The summed E-state index contributed by atoms with van der Waals surface area (Å²) >= 11 is 0. The van der Waals surface area contributed by atoms with Crippen LogP contribution in [0.5, 0.6) is 0 Å². The van der Waals surface area contributed by atoms with Crippen molar-refractivity contribution < 1.29 is 0 Å². The molecule has 0 fully saturated rings. The Kier molecular flexibility index (Phi) is 13.3. The van der Waals surface area contributed by atoms with Crippen LogP contribution in [0.3, 0.4) is 0 Å². The lowest BCUT2D eigenvalue weighted by atomic mass is 10.0. The van der Waals surface area contributed by atoms with Gasteiger partial charge >= 0.3 is 0 Å². The molecule has 2 nitrogen and oxygen atoms in total. The molecule has 0 heterocycles. The third-order valence-corrected chi connectivity index (χ3v) is 3.76. The summed E-state index contributed by atoms with van der Waals surface area (Å²) < 4.78 is 0. The van der Waals surface area contributed by atoms with Crippen molar-refractivity contribution in [2.45, 2.75) is 103 Å². The Hall–Kier alpha value is -0.0800. The van der Waals surface area contributed by atoms with Gasteiger partial charge in [-0.25, -0.2) is 0 Å². The molecule has 2 unspecified atom stereocenters. The topological polar surface area (TPSA) is 52.0 Å². The van der Waals surface area contributed by atoms with Crippen LogP contribution >= 0.6 is 0 Å². The standard InChI is InChI=1S/C16H36N2/c1-3-5-11-15(17)13-9-7-8-10-14-16(18)12-6-4-2/h15-16H,3-14,17-18H2,1-2H3. The van der Waals surface area contributed by atoms with E-state index in [9.17, 15) is 0 Å². The van der Waals surface area contributed by atoms with Gasteiger partial charge in [-0.05, 0) is 25.7 Å². The normalized spacial score (nSPS) is 14.7. The summed E-state index contributed by atoms with van der Waals surface area (Å²) in [5.74, 6) is 0. The fraction of sp³-hybridized carbons (Fsp3) is 1.00. The van der Waals surface area contributed by atoms with E-state index >= 15 is 0 Å². The van der Waals surface area contributed by atoms with Gasteiger partial charge in [0.05, 0.1) is 0 Å². The van der Waals surface area contributed by atoms with Crippen LogP contribution in [-0.2, 0) is 0 Å². The molecule has 0 aromatic carbocycles. The van der Waals surface area contributed by atoms with Crippen molar-refractivity contribution in [3.05, 3.63) is 0 Å². The van der Waals surface area contributed by atoms with Gasteiger partial charge in [-0.2, -0.15) is 0 Å². The molecule has 2 heteroatoms. The van der Waals surface area contributed by atoms with Gasteiger partial charge in [-0.3, -0.25) is 0 Å². The van der Waals surface area contributed by atoms with Crippen molar-refractivity contribution in [1.29, 1.82) is 0 Å². The zero-order valence-electron chi connectivity index (χ0n) is 12.8. The van der Waals surface area contributed by atoms with E-state index in [0.29, 0.717) is 12.1 Å². The fourth-order valence-corrected chi connectivity index (χ4v) is 2.39. The second-order valence-corrected chi connectivity index (χ2v) is 5.80. The molecule has 0 saturated heterocycles. The predicted molar refractivity (Wildman–Crippen MR) is 82.7 cm³/mol. The maximum Gasteiger partial charge on any atom is 0.00388 e. The number of nitrogens with two attached hydrogens (primary N) is 2. The zero-order chi connectivity index (χ0) is 13.6. The Morgan fingerprint density at radius 3 is 1.22 bits per heavy atom. The Morgan fingerprint density at radius 2 is 0.889 bits per heavy atom. The van der Waals surface area contributed by atoms with Gasteiger partial charge < -0.3 is 11.5 Å². The average molecular weight is 256 g/mol. The maximum atomic E-state index is 6.06. The van der Waals surface area contributed by atoms with Crippen LogP contribution in [0, 0.1) is 0 Å². The Bertz CT molecular complexity index is 141. The largest absolute Gasteiger partial charge is 0.328 e. The number of hydrogen-bond donors (Lipinski definition) is 2. The van der Waals surface area contributed by atoms with Crippen LogP contribution in [-0.4, -0.2) is 12.1 Å². The minimum absolute atomic E-state index is 0.441. The van der Waals surface area contributed by atoms with Crippen LogP contribution in [0.4, 0.5) is 0 Å². The molecule has 0 rings (SSSR count). The van der Waals surface area contributed by atoms with Gasteiger partial charge in [-0.15, -0.1) is 0 Å². The molecule has 0 aliphatic rings. The Labute approximate surface area is 115 Å². The van der Waals surface area contributed by atoms with E-state index in [1.165, 1.54) is 77.0 Å². The van der Waals surface area contributed by atoms with Crippen LogP contribution in [0.15, 0.2) is 0 Å². The molecule has 0 amide bonds. The molecule has 0 aromatic heterocycles. The molecule has 110 valence electrons. The first-order valence-electron chi connectivity index (χ1n) is 8.21. The highest BCUT2D eigenvalue weighted by atomic mass is 14.6. The molecular formula is C16H36N2. The highest BCUT2D eigenvalue weighted by Gasteiger charge is 2.03. The SMILES string of the molecule is CCCCC(N)CCCCCCC(N)CCCC. The average Bonchev–Trinajstić information content (AvgIpc) is 2.37. The maximum absolute atomic E-state index is 6.06. The predicted octanol–water partition coefficient (Wildman–Crippen LogP) is 4.36. The molecular weight excluding hydrogens is 220 g/mol. The van der Waals surface area contributed by atoms with E-state index in [1.807, 2.05) is 0 Å². The minimum Gasteiger partial charge on any atom is -0.328 e. The second kappa shape index (κ2) is 13.4. The van der Waals surface area contributed by atoms with Gasteiger partial charge in [0.15, 0.2) is 0 Å². The van der Waals surface area contributed by atoms with Crippen molar-refractivity contribution in [3.8, 4) is 0 Å². The van der Waals surface area contributed by atoms with Crippen molar-refractivity contribution >= 4 is 0 Å². The first-order chi connectivity index (χ1) is 8.70. The van der Waals surface area contributed by atoms with E-state index in [2.05, 4.69) is 13.8 Å². The fourth-order valence-electron chi connectivity index (χ4n) is 2.39. The van der Waals surface area contributed by atoms with E-state index in [1.54, 1.807) is 0 Å². The molecule has 18 heavy (non-hydrogen) atoms. The molecule has 0 spiro atoms. The van der Waals surface area contributed by atoms with Crippen molar-refractivity contribution in [2.75, 3.05) is 0 Å². The van der Waals surface area contributed by atoms with E-state index in [-0.39, 0.29) is 0 Å². The van der Waals surface area contributed by atoms with Gasteiger partial charge in [0.2, 0.25) is 0 Å². The molecule has 2 atom stereocenters. The number of hydrogen-bond acceptors (Lipinski definition) is 2. The molecule has 0 aliphatic heterocycles. The van der Waals surface area contributed by atoms with Crippen LogP contribution < -0.4 is 11.5 Å².